The molecule has 8 nitrogen and oxygen atoms in total. The molecule has 0 radical (unpaired) electrons. The van der Waals surface area contributed by atoms with Crippen molar-refractivity contribution in [1.82, 2.24) is 4.31 Å². The van der Waals surface area contributed by atoms with Crippen LogP contribution in [-0.2, 0) is 19.6 Å². The fourth-order valence-electron chi connectivity index (χ4n) is 2.95. The van der Waals surface area contributed by atoms with Gasteiger partial charge in [-0.1, -0.05) is 0 Å². The first-order valence-corrected chi connectivity index (χ1v) is 11.5. The number of hydrogen-bond acceptors (Lipinski definition) is 6. The fraction of sp³-hybridized carbons (Fsp3) is 0.300. The Morgan fingerprint density at radius 1 is 1.10 bits per heavy atom. The number of rotatable bonds is 7. The number of amides is 1. The maximum atomic E-state index is 12.8. The molecule has 0 aromatic heterocycles. The Morgan fingerprint density at radius 2 is 1.77 bits per heavy atom. The van der Waals surface area contributed by atoms with Crippen LogP contribution in [-0.4, -0.2) is 51.4 Å². The van der Waals surface area contributed by atoms with Gasteiger partial charge in [0.25, 0.3) is 5.91 Å². The van der Waals surface area contributed by atoms with Crippen molar-refractivity contribution in [2.24, 2.45) is 0 Å². The molecule has 2 aromatic carbocycles. The number of carbonyl (C=O) groups is 2. The van der Waals surface area contributed by atoms with Gasteiger partial charge in [-0.3, -0.25) is 4.79 Å². The first-order chi connectivity index (χ1) is 14.3. The lowest BCUT2D eigenvalue weighted by Crippen LogP contribution is -2.28. The van der Waals surface area contributed by atoms with Crippen molar-refractivity contribution in [2.75, 3.05) is 32.1 Å². The van der Waals surface area contributed by atoms with Gasteiger partial charge in [0.2, 0.25) is 10.0 Å². The molecule has 1 amide bonds. The number of sulfonamides is 1. The van der Waals surface area contributed by atoms with E-state index in [1.807, 2.05) is 0 Å². The van der Waals surface area contributed by atoms with Crippen LogP contribution in [0.25, 0.3) is 0 Å². The lowest BCUT2D eigenvalue weighted by Gasteiger charge is -2.16. The average Bonchev–Trinajstić information content (AvgIpc) is 3.29. The second kappa shape index (κ2) is 9.59. The number of carbonyl (C=O) groups excluding carboxylic acids is 2. The summed E-state index contributed by atoms with van der Waals surface area (Å²) in [6.45, 7) is 0.766. The van der Waals surface area contributed by atoms with Crippen LogP contribution < -0.4 is 10.1 Å². The summed E-state index contributed by atoms with van der Waals surface area (Å²) in [5.41, 5.74) is 0.700. The van der Waals surface area contributed by atoms with Crippen LogP contribution in [0.4, 0.5) is 5.69 Å². The molecular weight excluding hydrogens is 476 g/mol. The van der Waals surface area contributed by atoms with Crippen molar-refractivity contribution >= 4 is 43.5 Å². The lowest BCUT2D eigenvalue weighted by atomic mass is 10.2. The standard InChI is InChI=1S/C20H21BrN2O6S/c1-28-19(24)13-29-15-6-4-14(5-7-15)22-20(25)17-12-16(8-9-18(17)21)30(26,27)23-10-2-3-11-23/h4-9,12H,2-3,10-11,13H2,1H3,(H,22,25). The quantitative estimate of drug-likeness (QED) is 0.591. The third-order valence-corrected chi connectivity index (χ3v) is 7.17. The number of hydrogen-bond donors (Lipinski definition) is 1. The first kappa shape index (κ1) is 22.3. The maximum absolute atomic E-state index is 12.8. The predicted octanol–water partition coefficient (Wildman–Crippen LogP) is 3.04. The summed E-state index contributed by atoms with van der Waals surface area (Å²) in [5.74, 6) is -0.511. The molecule has 0 spiro atoms. The second-order valence-electron chi connectivity index (χ2n) is 6.60. The summed E-state index contributed by atoms with van der Waals surface area (Å²) in [5, 5.41) is 2.73. The molecule has 10 heteroatoms. The molecule has 0 bridgehead atoms. The monoisotopic (exact) mass is 496 g/mol. The first-order valence-electron chi connectivity index (χ1n) is 9.22. The van der Waals surface area contributed by atoms with Gasteiger partial charge in [0.1, 0.15) is 5.75 Å². The molecule has 0 saturated carbocycles. The van der Waals surface area contributed by atoms with Gasteiger partial charge in [-0.15, -0.1) is 0 Å². The Kier molecular flexibility index (Phi) is 7.11. The van der Waals surface area contributed by atoms with E-state index in [4.69, 9.17) is 4.74 Å². The molecule has 2 aromatic rings. The van der Waals surface area contributed by atoms with Gasteiger partial charge in [-0.2, -0.15) is 4.31 Å². The minimum atomic E-state index is -3.63. The van der Waals surface area contributed by atoms with Gasteiger partial charge < -0.3 is 14.8 Å². The zero-order valence-electron chi connectivity index (χ0n) is 16.3. The highest BCUT2D eigenvalue weighted by Crippen LogP contribution is 2.26. The van der Waals surface area contributed by atoms with Crippen LogP contribution in [0.3, 0.4) is 0 Å². The molecule has 0 atom stereocenters. The Hall–Kier alpha value is -2.43. The third-order valence-electron chi connectivity index (χ3n) is 4.58. The van der Waals surface area contributed by atoms with Gasteiger partial charge in [-0.05, 0) is 71.2 Å². The Bertz CT molecular complexity index is 1030. The number of halogens is 1. The van der Waals surface area contributed by atoms with Crippen molar-refractivity contribution in [3.63, 3.8) is 0 Å². The molecule has 0 unspecified atom stereocenters. The van der Waals surface area contributed by atoms with E-state index < -0.39 is 21.9 Å². The van der Waals surface area contributed by atoms with Gasteiger partial charge >= 0.3 is 5.97 Å². The van der Waals surface area contributed by atoms with Crippen LogP contribution in [0.15, 0.2) is 51.8 Å². The van der Waals surface area contributed by atoms with E-state index in [1.165, 1.54) is 23.5 Å². The summed E-state index contributed by atoms with van der Waals surface area (Å²) in [6, 6.07) is 10.8. The number of esters is 1. The van der Waals surface area contributed by atoms with E-state index in [0.29, 0.717) is 29.0 Å². The van der Waals surface area contributed by atoms with E-state index in [1.54, 1.807) is 30.3 Å². The highest BCUT2D eigenvalue weighted by Gasteiger charge is 2.28. The predicted molar refractivity (Wildman–Crippen MR) is 114 cm³/mol. The maximum Gasteiger partial charge on any atom is 0.343 e. The lowest BCUT2D eigenvalue weighted by molar-refractivity contribution is -0.142. The minimum absolute atomic E-state index is 0.0873. The van der Waals surface area contributed by atoms with Crippen molar-refractivity contribution < 1.29 is 27.5 Å². The van der Waals surface area contributed by atoms with Crippen molar-refractivity contribution in [3.8, 4) is 5.75 Å². The fourth-order valence-corrected chi connectivity index (χ4v) is 4.92. The number of ether oxygens (including phenoxy) is 2. The second-order valence-corrected chi connectivity index (χ2v) is 9.39. The SMILES string of the molecule is COC(=O)COc1ccc(NC(=O)c2cc(S(=O)(=O)N3CCCC3)ccc2Br)cc1. The van der Waals surface area contributed by atoms with Gasteiger partial charge in [0, 0.05) is 23.2 Å². The number of methoxy groups -OCH3 is 1. The summed E-state index contributed by atoms with van der Waals surface area (Å²) in [4.78, 5) is 23.9. The highest BCUT2D eigenvalue weighted by molar-refractivity contribution is 9.10. The molecule has 1 aliphatic heterocycles. The molecule has 3 rings (SSSR count). The van der Waals surface area contributed by atoms with Crippen LogP contribution in [0.2, 0.25) is 0 Å². The largest absolute Gasteiger partial charge is 0.482 e. The van der Waals surface area contributed by atoms with E-state index >= 15 is 0 Å². The van der Waals surface area contributed by atoms with Gasteiger partial charge in [-0.25, -0.2) is 13.2 Å². The van der Waals surface area contributed by atoms with Gasteiger partial charge in [0.05, 0.1) is 17.6 Å². The van der Waals surface area contributed by atoms with E-state index in [9.17, 15) is 18.0 Å². The molecule has 1 heterocycles. The molecule has 1 fully saturated rings. The number of benzene rings is 2. The third kappa shape index (κ3) is 5.18. The molecule has 1 saturated heterocycles. The van der Waals surface area contributed by atoms with E-state index in [2.05, 4.69) is 26.0 Å². The molecule has 30 heavy (non-hydrogen) atoms. The normalized spacial score (nSPS) is 14.3. The number of nitrogens with one attached hydrogen (secondary N) is 1. The topological polar surface area (TPSA) is 102 Å². The number of anilines is 1. The summed E-state index contributed by atoms with van der Waals surface area (Å²) < 4.78 is 37.2. The van der Waals surface area contributed by atoms with Crippen molar-refractivity contribution in [2.45, 2.75) is 17.7 Å². The Morgan fingerprint density at radius 3 is 2.40 bits per heavy atom. The molecule has 1 aliphatic rings. The smallest absolute Gasteiger partial charge is 0.343 e. The zero-order valence-corrected chi connectivity index (χ0v) is 18.7. The van der Waals surface area contributed by atoms with Crippen molar-refractivity contribution in [3.05, 3.63) is 52.5 Å². The van der Waals surface area contributed by atoms with Crippen LogP contribution in [0.5, 0.6) is 5.75 Å². The van der Waals surface area contributed by atoms with E-state index in [-0.39, 0.29) is 17.1 Å². The van der Waals surface area contributed by atoms with Gasteiger partial charge in [0.15, 0.2) is 6.61 Å². The Balaban J connectivity index is 1.73. The summed E-state index contributed by atoms with van der Waals surface area (Å²) in [7, 11) is -2.36. The molecular formula is C20H21BrN2O6S. The molecule has 0 aliphatic carbocycles. The Labute approximate surface area is 183 Å². The minimum Gasteiger partial charge on any atom is -0.482 e. The van der Waals surface area contributed by atoms with Crippen LogP contribution >= 0.6 is 15.9 Å². The van der Waals surface area contributed by atoms with Crippen LogP contribution in [0.1, 0.15) is 23.2 Å². The number of nitrogens with zero attached hydrogens (tertiary/aromatic N) is 1. The average molecular weight is 497 g/mol. The molecule has 160 valence electrons. The summed E-state index contributed by atoms with van der Waals surface area (Å²) >= 11 is 3.31. The van der Waals surface area contributed by atoms with E-state index in [0.717, 1.165) is 12.8 Å². The summed E-state index contributed by atoms with van der Waals surface area (Å²) in [6.07, 6.45) is 1.67. The zero-order chi connectivity index (χ0) is 21.7. The highest BCUT2D eigenvalue weighted by atomic mass is 79.9. The molecule has 1 N–H and O–H groups in total. The van der Waals surface area contributed by atoms with Crippen molar-refractivity contribution in [1.29, 1.82) is 0 Å². The van der Waals surface area contributed by atoms with Crippen LogP contribution in [0, 0.1) is 0 Å².